The molecule has 1 aromatic rings. The van der Waals surface area contributed by atoms with Crippen LogP contribution in [-0.4, -0.2) is 20.2 Å². The molecule has 0 N–H and O–H groups in total. The van der Waals surface area contributed by atoms with Crippen LogP contribution >= 0.6 is 0 Å². The number of ether oxygens (including phenoxy) is 3. The fraction of sp³-hybridized carbons (Fsp3) is 0.467. The molecular formula is C15H20O3. The van der Waals surface area contributed by atoms with Gasteiger partial charge in [-0.2, -0.15) is 0 Å². The van der Waals surface area contributed by atoms with Crippen LogP contribution in [0.15, 0.2) is 36.4 Å². The largest absolute Gasteiger partial charge is 0.438 e. The Labute approximate surface area is 108 Å². The number of hydrogen-bond acceptors (Lipinski definition) is 3. The second-order valence-electron chi connectivity index (χ2n) is 5.09. The Morgan fingerprint density at radius 3 is 2.22 bits per heavy atom. The molecule has 3 nitrogen and oxygen atoms in total. The quantitative estimate of drug-likeness (QED) is 0.767. The molecule has 1 aliphatic heterocycles. The number of hydrogen-bond donors (Lipinski definition) is 0. The fourth-order valence-corrected chi connectivity index (χ4v) is 2.30. The Hall–Kier alpha value is -1.32. The van der Waals surface area contributed by atoms with E-state index in [9.17, 15) is 0 Å². The maximum atomic E-state index is 5.99. The van der Waals surface area contributed by atoms with Crippen LogP contribution in [0.4, 0.5) is 0 Å². The van der Waals surface area contributed by atoms with E-state index in [0.29, 0.717) is 0 Å². The first-order valence-corrected chi connectivity index (χ1v) is 6.09. The van der Waals surface area contributed by atoms with Crippen LogP contribution in [0.1, 0.15) is 25.8 Å². The van der Waals surface area contributed by atoms with Gasteiger partial charge in [-0.05, 0) is 12.5 Å². The van der Waals surface area contributed by atoms with Crippen LogP contribution in [0.2, 0.25) is 0 Å². The molecule has 98 valence electrons. The molecule has 0 aliphatic carbocycles. The van der Waals surface area contributed by atoms with Crippen molar-refractivity contribution in [3.05, 3.63) is 42.0 Å². The van der Waals surface area contributed by atoms with Crippen LogP contribution in [0.25, 0.3) is 5.76 Å². The summed E-state index contributed by atoms with van der Waals surface area (Å²) in [5.74, 6) is -0.231. The zero-order valence-electron chi connectivity index (χ0n) is 11.4. The van der Waals surface area contributed by atoms with Crippen LogP contribution in [0.5, 0.6) is 0 Å². The van der Waals surface area contributed by atoms with Gasteiger partial charge in [0.25, 0.3) is 0 Å². The molecule has 18 heavy (non-hydrogen) atoms. The Balaban J connectivity index is 2.36. The van der Waals surface area contributed by atoms with Crippen LogP contribution < -0.4 is 0 Å². The van der Waals surface area contributed by atoms with Gasteiger partial charge in [-0.3, -0.25) is 0 Å². The molecule has 0 bridgehead atoms. The van der Waals surface area contributed by atoms with E-state index in [1.165, 1.54) is 0 Å². The number of allylic oxidation sites excluding steroid dienone is 1. The van der Waals surface area contributed by atoms with Gasteiger partial charge in [0.2, 0.25) is 0 Å². The third kappa shape index (κ3) is 2.04. The van der Waals surface area contributed by atoms with Gasteiger partial charge in [0, 0.05) is 19.8 Å². The van der Waals surface area contributed by atoms with Crippen molar-refractivity contribution in [2.24, 2.45) is 5.41 Å². The molecule has 0 amide bonds. The van der Waals surface area contributed by atoms with Gasteiger partial charge >= 0.3 is 5.97 Å². The van der Waals surface area contributed by atoms with Crippen molar-refractivity contribution in [2.45, 2.75) is 26.2 Å². The Morgan fingerprint density at radius 1 is 1.06 bits per heavy atom. The summed E-state index contributed by atoms with van der Waals surface area (Å²) >= 11 is 0. The Bertz CT molecular complexity index is 430. The second-order valence-corrected chi connectivity index (χ2v) is 5.09. The standard InChI is InChI=1S/C15H20O3/c1-14(2)11-10-13(12-8-6-5-7-9-12)18-15(14,16-3)17-4/h5-10H,11H2,1-4H3. The zero-order valence-corrected chi connectivity index (χ0v) is 11.4. The molecule has 0 spiro atoms. The van der Waals surface area contributed by atoms with E-state index >= 15 is 0 Å². The highest BCUT2D eigenvalue weighted by molar-refractivity contribution is 5.60. The van der Waals surface area contributed by atoms with Gasteiger partial charge in [-0.25, -0.2) is 0 Å². The molecule has 0 atom stereocenters. The third-order valence-electron chi connectivity index (χ3n) is 3.47. The van der Waals surface area contributed by atoms with E-state index < -0.39 is 5.97 Å². The average Bonchev–Trinajstić information content (AvgIpc) is 2.40. The van der Waals surface area contributed by atoms with E-state index in [-0.39, 0.29) is 5.41 Å². The maximum absolute atomic E-state index is 5.99. The SMILES string of the molecule is COC1(OC)OC(c2ccccc2)=CCC1(C)C. The van der Waals surface area contributed by atoms with Gasteiger partial charge in [-0.15, -0.1) is 0 Å². The third-order valence-corrected chi connectivity index (χ3v) is 3.47. The summed E-state index contributed by atoms with van der Waals surface area (Å²) in [7, 11) is 3.22. The molecule has 1 aliphatic rings. The highest BCUT2D eigenvalue weighted by Gasteiger charge is 2.51. The van der Waals surface area contributed by atoms with Crippen molar-refractivity contribution in [1.29, 1.82) is 0 Å². The van der Waals surface area contributed by atoms with Crippen molar-refractivity contribution in [2.75, 3.05) is 14.2 Å². The number of methoxy groups -OCH3 is 2. The summed E-state index contributed by atoms with van der Waals surface area (Å²) in [6.07, 6.45) is 2.92. The molecule has 0 aromatic heterocycles. The molecule has 0 saturated heterocycles. The van der Waals surface area contributed by atoms with Gasteiger partial charge in [0.05, 0.1) is 5.41 Å². The van der Waals surface area contributed by atoms with Crippen molar-refractivity contribution in [1.82, 2.24) is 0 Å². The number of benzene rings is 1. The maximum Gasteiger partial charge on any atom is 0.332 e. The van der Waals surface area contributed by atoms with Gasteiger partial charge < -0.3 is 14.2 Å². The first-order chi connectivity index (χ1) is 8.54. The van der Waals surface area contributed by atoms with Crippen molar-refractivity contribution >= 4 is 5.76 Å². The van der Waals surface area contributed by atoms with Gasteiger partial charge in [0.15, 0.2) is 0 Å². The predicted octanol–water partition coefficient (Wildman–Crippen LogP) is 3.42. The molecule has 1 aromatic carbocycles. The molecule has 0 fully saturated rings. The first kappa shape index (κ1) is 13.1. The van der Waals surface area contributed by atoms with E-state index in [4.69, 9.17) is 14.2 Å². The minimum Gasteiger partial charge on any atom is -0.438 e. The lowest BCUT2D eigenvalue weighted by Crippen LogP contribution is -2.51. The zero-order chi connectivity index (χ0) is 13.2. The molecule has 2 rings (SSSR count). The normalized spacial score (nSPS) is 21.0. The van der Waals surface area contributed by atoms with Crippen molar-refractivity contribution in [3.63, 3.8) is 0 Å². The first-order valence-electron chi connectivity index (χ1n) is 6.09. The smallest absolute Gasteiger partial charge is 0.332 e. The molecule has 0 unspecified atom stereocenters. The van der Waals surface area contributed by atoms with Crippen molar-refractivity contribution in [3.8, 4) is 0 Å². The predicted molar refractivity (Wildman–Crippen MR) is 70.7 cm³/mol. The molecule has 0 saturated carbocycles. The van der Waals surface area contributed by atoms with E-state index in [2.05, 4.69) is 19.9 Å². The summed E-state index contributed by atoms with van der Waals surface area (Å²) in [5.41, 5.74) is 0.792. The van der Waals surface area contributed by atoms with E-state index in [1.807, 2.05) is 30.3 Å². The number of rotatable bonds is 3. The summed E-state index contributed by atoms with van der Waals surface area (Å²) in [4.78, 5) is 0. The fourth-order valence-electron chi connectivity index (χ4n) is 2.30. The highest BCUT2D eigenvalue weighted by Crippen LogP contribution is 2.46. The lowest BCUT2D eigenvalue weighted by Gasteiger charge is -2.45. The minimum absolute atomic E-state index is 0.241. The molecule has 0 radical (unpaired) electrons. The lowest BCUT2D eigenvalue weighted by molar-refractivity contribution is -0.389. The topological polar surface area (TPSA) is 27.7 Å². The second kappa shape index (κ2) is 4.75. The summed E-state index contributed by atoms with van der Waals surface area (Å²) in [6, 6.07) is 9.98. The van der Waals surface area contributed by atoms with Gasteiger partial charge in [0.1, 0.15) is 5.76 Å². The minimum atomic E-state index is -1.03. The molecule has 3 heteroatoms. The average molecular weight is 248 g/mol. The Morgan fingerprint density at radius 2 is 1.67 bits per heavy atom. The lowest BCUT2D eigenvalue weighted by atomic mass is 9.83. The van der Waals surface area contributed by atoms with Crippen LogP contribution in [0, 0.1) is 5.41 Å². The van der Waals surface area contributed by atoms with Crippen LogP contribution in [-0.2, 0) is 14.2 Å². The summed E-state index contributed by atoms with van der Waals surface area (Å²) in [6.45, 7) is 4.14. The molecular weight excluding hydrogens is 228 g/mol. The van der Waals surface area contributed by atoms with Gasteiger partial charge in [-0.1, -0.05) is 44.2 Å². The monoisotopic (exact) mass is 248 g/mol. The van der Waals surface area contributed by atoms with E-state index in [1.54, 1.807) is 14.2 Å². The Kier molecular flexibility index (Phi) is 3.46. The van der Waals surface area contributed by atoms with Crippen LogP contribution in [0.3, 0.4) is 0 Å². The highest BCUT2D eigenvalue weighted by atomic mass is 16.9. The van der Waals surface area contributed by atoms with Crippen molar-refractivity contribution < 1.29 is 14.2 Å². The summed E-state index contributed by atoms with van der Waals surface area (Å²) in [5, 5.41) is 0. The van der Waals surface area contributed by atoms with E-state index in [0.717, 1.165) is 17.7 Å². The summed E-state index contributed by atoms with van der Waals surface area (Å²) < 4.78 is 17.0. The molecule has 1 heterocycles.